The lowest BCUT2D eigenvalue weighted by molar-refractivity contribution is -0.0357. The molecule has 2 heterocycles. The zero-order valence-corrected chi connectivity index (χ0v) is 14.1. The monoisotopic (exact) mass is 328 g/mol. The molecule has 1 saturated heterocycles. The lowest BCUT2D eigenvalue weighted by atomic mass is 10.1. The zero-order valence-electron chi connectivity index (χ0n) is 14.1. The van der Waals surface area contributed by atoms with E-state index in [-0.39, 0.29) is 5.91 Å². The molecular formula is C18H24N4O2. The molecule has 0 radical (unpaired) electrons. The van der Waals surface area contributed by atoms with Crippen LogP contribution in [-0.2, 0) is 11.8 Å². The number of likely N-dealkylation sites (tertiary alicyclic amines) is 1. The molecule has 6 heteroatoms. The number of benzene rings is 1. The van der Waals surface area contributed by atoms with Crippen LogP contribution in [0, 0.1) is 0 Å². The molecule has 0 N–H and O–H groups in total. The highest BCUT2D eigenvalue weighted by Gasteiger charge is 2.27. The molecule has 1 aliphatic heterocycles. The van der Waals surface area contributed by atoms with Gasteiger partial charge in [-0.05, 0) is 43.9 Å². The third-order valence-corrected chi connectivity index (χ3v) is 5.27. The summed E-state index contributed by atoms with van der Waals surface area (Å²) < 4.78 is 7.89. The normalized spacial score (nSPS) is 20.1. The standard InChI is InChI=1S/C18H24N4O2/c1-21-17-12-13(6-7-16(17)19-20-21)18(23)22-10-8-15(9-11-22)24-14-4-2-3-5-14/h6-7,12,14-15H,2-5,8-11H2,1H3. The van der Waals surface area contributed by atoms with Gasteiger partial charge in [0.05, 0.1) is 17.7 Å². The van der Waals surface area contributed by atoms with E-state index in [0.717, 1.165) is 37.0 Å². The molecule has 6 nitrogen and oxygen atoms in total. The van der Waals surface area contributed by atoms with Gasteiger partial charge in [0.1, 0.15) is 5.52 Å². The minimum absolute atomic E-state index is 0.0948. The molecule has 1 aliphatic carbocycles. The largest absolute Gasteiger partial charge is 0.375 e. The average Bonchev–Trinajstić information content (AvgIpc) is 3.25. The number of piperidine rings is 1. The fourth-order valence-corrected chi connectivity index (χ4v) is 3.84. The number of aromatic nitrogens is 3. The smallest absolute Gasteiger partial charge is 0.253 e. The summed E-state index contributed by atoms with van der Waals surface area (Å²) in [5.74, 6) is 0.0948. The number of carbonyl (C=O) groups is 1. The van der Waals surface area contributed by atoms with Crippen LogP contribution in [0.2, 0.25) is 0 Å². The Labute approximate surface area is 141 Å². The molecule has 0 unspecified atom stereocenters. The summed E-state index contributed by atoms with van der Waals surface area (Å²) in [5.41, 5.74) is 2.42. The molecule has 2 aliphatic rings. The highest BCUT2D eigenvalue weighted by molar-refractivity contribution is 5.97. The minimum Gasteiger partial charge on any atom is -0.375 e. The first-order valence-electron chi connectivity index (χ1n) is 8.95. The molecule has 2 fully saturated rings. The molecule has 1 aromatic carbocycles. The van der Waals surface area contributed by atoms with E-state index in [1.165, 1.54) is 25.7 Å². The fourth-order valence-electron chi connectivity index (χ4n) is 3.84. The third kappa shape index (κ3) is 3.02. The van der Waals surface area contributed by atoms with Crippen molar-refractivity contribution in [2.45, 2.75) is 50.7 Å². The summed E-state index contributed by atoms with van der Waals surface area (Å²) in [5, 5.41) is 8.05. The van der Waals surface area contributed by atoms with Gasteiger partial charge in [-0.25, -0.2) is 4.68 Å². The predicted octanol–water partition coefficient (Wildman–Crippen LogP) is 2.53. The molecule has 24 heavy (non-hydrogen) atoms. The lowest BCUT2D eigenvalue weighted by Crippen LogP contribution is -2.41. The molecule has 1 amide bonds. The topological polar surface area (TPSA) is 60.2 Å². The molecule has 1 saturated carbocycles. The number of ether oxygens (including phenoxy) is 1. The maximum absolute atomic E-state index is 12.8. The third-order valence-electron chi connectivity index (χ3n) is 5.27. The Hall–Kier alpha value is -1.95. The first-order valence-corrected chi connectivity index (χ1v) is 8.95. The summed E-state index contributed by atoms with van der Waals surface area (Å²) in [7, 11) is 1.84. The van der Waals surface area contributed by atoms with Gasteiger partial charge in [-0.15, -0.1) is 5.10 Å². The van der Waals surface area contributed by atoms with E-state index in [1.54, 1.807) is 4.68 Å². The van der Waals surface area contributed by atoms with E-state index in [9.17, 15) is 4.79 Å². The quantitative estimate of drug-likeness (QED) is 0.869. The van der Waals surface area contributed by atoms with Crippen molar-refractivity contribution in [2.75, 3.05) is 13.1 Å². The van der Waals surface area contributed by atoms with Gasteiger partial charge in [-0.2, -0.15) is 0 Å². The number of hydrogen-bond donors (Lipinski definition) is 0. The summed E-state index contributed by atoms with van der Waals surface area (Å²) >= 11 is 0. The highest BCUT2D eigenvalue weighted by atomic mass is 16.5. The lowest BCUT2D eigenvalue weighted by Gasteiger charge is -2.33. The van der Waals surface area contributed by atoms with Crippen LogP contribution in [-0.4, -0.2) is 51.1 Å². The maximum atomic E-state index is 12.8. The predicted molar refractivity (Wildman–Crippen MR) is 90.8 cm³/mol. The van der Waals surface area contributed by atoms with Gasteiger partial charge >= 0.3 is 0 Å². The number of carbonyl (C=O) groups excluding carboxylic acids is 1. The zero-order chi connectivity index (χ0) is 16.5. The summed E-state index contributed by atoms with van der Waals surface area (Å²) in [6.07, 6.45) is 7.67. The summed E-state index contributed by atoms with van der Waals surface area (Å²) in [6, 6.07) is 5.60. The van der Waals surface area contributed by atoms with E-state index in [0.29, 0.717) is 17.8 Å². The Bertz CT molecular complexity index is 728. The molecule has 0 spiro atoms. The molecular weight excluding hydrogens is 304 g/mol. The Balaban J connectivity index is 1.38. The SMILES string of the molecule is Cn1nnc2ccc(C(=O)N3CCC(OC4CCCC4)CC3)cc21. The Morgan fingerprint density at radius 2 is 1.83 bits per heavy atom. The second kappa shape index (κ2) is 6.51. The molecule has 0 bridgehead atoms. The molecule has 4 rings (SSSR count). The number of hydrogen-bond acceptors (Lipinski definition) is 4. The van der Waals surface area contributed by atoms with E-state index in [2.05, 4.69) is 10.3 Å². The van der Waals surface area contributed by atoms with Crippen molar-refractivity contribution in [3.8, 4) is 0 Å². The first kappa shape index (κ1) is 15.6. The summed E-state index contributed by atoms with van der Waals surface area (Å²) in [6.45, 7) is 1.55. The van der Waals surface area contributed by atoms with Crippen molar-refractivity contribution < 1.29 is 9.53 Å². The van der Waals surface area contributed by atoms with Gasteiger partial charge in [-0.3, -0.25) is 4.79 Å². The fraction of sp³-hybridized carbons (Fsp3) is 0.611. The van der Waals surface area contributed by atoms with Crippen LogP contribution >= 0.6 is 0 Å². The van der Waals surface area contributed by atoms with Gasteiger partial charge in [0.15, 0.2) is 0 Å². The Kier molecular flexibility index (Phi) is 4.22. The van der Waals surface area contributed by atoms with Crippen molar-refractivity contribution in [2.24, 2.45) is 7.05 Å². The van der Waals surface area contributed by atoms with E-state index in [4.69, 9.17) is 4.74 Å². The van der Waals surface area contributed by atoms with E-state index in [1.807, 2.05) is 30.1 Å². The van der Waals surface area contributed by atoms with Crippen LogP contribution < -0.4 is 0 Å². The maximum Gasteiger partial charge on any atom is 0.253 e. The van der Waals surface area contributed by atoms with Crippen molar-refractivity contribution in [1.82, 2.24) is 19.9 Å². The molecule has 1 aromatic heterocycles. The van der Waals surface area contributed by atoms with E-state index < -0.39 is 0 Å². The number of fused-ring (bicyclic) bond motifs is 1. The van der Waals surface area contributed by atoms with Crippen LogP contribution in [0.15, 0.2) is 18.2 Å². The Morgan fingerprint density at radius 3 is 2.58 bits per heavy atom. The molecule has 128 valence electrons. The second-order valence-corrected chi connectivity index (χ2v) is 6.95. The van der Waals surface area contributed by atoms with Gasteiger partial charge in [0.25, 0.3) is 5.91 Å². The highest BCUT2D eigenvalue weighted by Crippen LogP contribution is 2.26. The van der Waals surface area contributed by atoms with E-state index >= 15 is 0 Å². The van der Waals surface area contributed by atoms with Crippen molar-refractivity contribution in [3.63, 3.8) is 0 Å². The van der Waals surface area contributed by atoms with Crippen LogP contribution in [0.5, 0.6) is 0 Å². The minimum atomic E-state index is 0.0948. The van der Waals surface area contributed by atoms with Gasteiger partial charge in [0.2, 0.25) is 0 Å². The summed E-state index contributed by atoms with van der Waals surface area (Å²) in [4.78, 5) is 14.7. The number of aryl methyl sites for hydroxylation is 1. The van der Waals surface area contributed by atoms with Crippen LogP contribution in [0.3, 0.4) is 0 Å². The average molecular weight is 328 g/mol. The van der Waals surface area contributed by atoms with Crippen LogP contribution in [0.4, 0.5) is 0 Å². The van der Waals surface area contributed by atoms with Crippen molar-refractivity contribution >= 4 is 16.9 Å². The number of amides is 1. The molecule has 0 atom stereocenters. The van der Waals surface area contributed by atoms with Crippen molar-refractivity contribution in [3.05, 3.63) is 23.8 Å². The second-order valence-electron chi connectivity index (χ2n) is 6.95. The van der Waals surface area contributed by atoms with Gasteiger partial charge in [0, 0.05) is 25.7 Å². The number of nitrogens with zero attached hydrogens (tertiary/aromatic N) is 4. The molecule has 2 aromatic rings. The van der Waals surface area contributed by atoms with Gasteiger partial charge < -0.3 is 9.64 Å². The van der Waals surface area contributed by atoms with Crippen molar-refractivity contribution in [1.29, 1.82) is 0 Å². The van der Waals surface area contributed by atoms with Crippen LogP contribution in [0.25, 0.3) is 11.0 Å². The van der Waals surface area contributed by atoms with Crippen LogP contribution in [0.1, 0.15) is 48.9 Å². The Morgan fingerprint density at radius 1 is 1.12 bits per heavy atom. The first-order chi connectivity index (χ1) is 11.7. The number of rotatable bonds is 3. The van der Waals surface area contributed by atoms with Gasteiger partial charge in [-0.1, -0.05) is 18.1 Å².